The summed E-state index contributed by atoms with van der Waals surface area (Å²) in [4.78, 5) is 19.8. The molecule has 53 heavy (non-hydrogen) atoms. The SMILES string of the molecule is CCCCCCCCC1(CCCCCCCC)c2cc(CC)ccc2-c2ccc(-c3ccc(-c4nc(-c5ccccc5)nc(C(C)(C)C)n4)cn3)cc21. The van der Waals surface area contributed by atoms with Crippen LogP contribution in [0, 0.1) is 0 Å². The lowest BCUT2D eigenvalue weighted by atomic mass is 9.70. The standard InChI is InChI=1S/C49H62N4/c1-7-10-12-14-16-21-31-49(32-22-17-15-13-11-8-2)42-33-36(9-3)25-28-40(42)41-29-26-38(34-43(41)49)44-30-27-39(35-50-44)46-51-45(37-23-19-18-20-24-37)52-47(53-46)48(4,5)6/h18-20,23-30,33-35H,7-17,21-22,31-32H2,1-6H3. The van der Waals surface area contributed by atoms with Gasteiger partial charge in [0, 0.05) is 33.7 Å². The lowest BCUT2D eigenvalue weighted by Crippen LogP contribution is -2.26. The molecule has 278 valence electrons. The lowest BCUT2D eigenvalue weighted by molar-refractivity contribution is 0.397. The summed E-state index contributed by atoms with van der Waals surface area (Å²) in [6, 6.07) is 29.0. The number of aromatic nitrogens is 4. The third kappa shape index (κ3) is 8.97. The molecule has 5 aromatic rings. The minimum Gasteiger partial charge on any atom is -0.255 e. The van der Waals surface area contributed by atoms with E-state index in [1.54, 1.807) is 5.56 Å². The van der Waals surface area contributed by atoms with Gasteiger partial charge in [0.15, 0.2) is 11.6 Å². The quantitative estimate of drug-likeness (QED) is 0.0851. The fraction of sp³-hybridized carbons (Fsp3) is 0.469. The van der Waals surface area contributed by atoms with Crippen LogP contribution in [0.5, 0.6) is 0 Å². The number of hydrogen-bond donors (Lipinski definition) is 0. The molecule has 4 nitrogen and oxygen atoms in total. The van der Waals surface area contributed by atoms with Gasteiger partial charge in [0.05, 0.1) is 5.69 Å². The zero-order valence-electron chi connectivity index (χ0n) is 33.5. The largest absolute Gasteiger partial charge is 0.255 e. The molecule has 0 bridgehead atoms. The molecule has 0 saturated carbocycles. The van der Waals surface area contributed by atoms with Gasteiger partial charge in [0.2, 0.25) is 0 Å². The van der Waals surface area contributed by atoms with E-state index >= 15 is 0 Å². The van der Waals surface area contributed by atoms with Crippen LogP contribution in [0.25, 0.3) is 45.2 Å². The predicted octanol–water partition coefficient (Wildman–Crippen LogP) is 13.9. The molecule has 0 fully saturated rings. The lowest BCUT2D eigenvalue weighted by Gasteiger charge is -2.33. The Kier molecular flexibility index (Phi) is 12.9. The topological polar surface area (TPSA) is 51.6 Å². The minimum absolute atomic E-state index is 0.0450. The molecule has 0 N–H and O–H groups in total. The van der Waals surface area contributed by atoms with Crippen LogP contribution < -0.4 is 0 Å². The number of aryl methyl sites for hydroxylation is 1. The van der Waals surface area contributed by atoms with Crippen LogP contribution in [-0.4, -0.2) is 19.9 Å². The molecule has 0 aliphatic heterocycles. The molecule has 0 amide bonds. The van der Waals surface area contributed by atoms with Gasteiger partial charge in [-0.1, -0.05) is 179 Å². The maximum absolute atomic E-state index is 5.08. The van der Waals surface area contributed by atoms with Gasteiger partial charge in [-0.15, -0.1) is 0 Å². The van der Waals surface area contributed by atoms with Crippen molar-refractivity contribution in [1.29, 1.82) is 0 Å². The average Bonchev–Trinajstić information content (AvgIpc) is 3.45. The van der Waals surface area contributed by atoms with Gasteiger partial charge in [-0.2, -0.15) is 0 Å². The fourth-order valence-electron chi connectivity index (χ4n) is 8.25. The Hall–Kier alpha value is -4.18. The molecule has 2 aromatic heterocycles. The molecule has 1 aliphatic carbocycles. The van der Waals surface area contributed by atoms with Gasteiger partial charge in [0.25, 0.3) is 0 Å². The maximum atomic E-state index is 5.08. The van der Waals surface area contributed by atoms with Crippen molar-refractivity contribution in [2.75, 3.05) is 0 Å². The number of rotatable bonds is 18. The average molecular weight is 707 g/mol. The molecule has 3 aromatic carbocycles. The Balaban J connectivity index is 1.36. The number of fused-ring (bicyclic) bond motifs is 3. The van der Waals surface area contributed by atoms with Crippen molar-refractivity contribution in [3.8, 4) is 45.2 Å². The first-order chi connectivity index (χ1) is 25.8. The Morgan fingerprint density at radius 2 is 1.09 bits per heavy atom. The van der Waals surface area contributed by atoms with Gasteiger partial charge >= 0.3 is 0 Å². The summed E-state index contributed by atoms with van der Waals surface area (Å²) < 4.78 is 0. The molecule has 0 spiro atoms. The number of hydrogen-bond acceptors (Lipinski definition) is 4. The monoisotopic (exact) mass is 706 g/mol. The summed E-state index contributed by atoms with van der Waals surface area (Å²) in [6.07, 6.45) is 21.3. The molecule has 2 heterocycles. The highest BCUT2D eigenvalue weighted by molar-refractivity contribution is 5.84. The van der Waals surface area contributed by atoms with Crippen LogP contribution in [-0.2, 0) is 17.3 Å². The van der Waals surface area contributed by atoms with Crippen molar-refractivity contribution in [2.24, 2.45) is 0 Å². The highest BCUT2D eigenvalue weighted by Gasteiger charge is 2.42. The van der Waals surface area contributed by atoms with Crippen molar-refractivity contribution in [3.05, 3.63) is 108 Å². The van der Waals surface area contributed by atoms with Gasteiger partial charge < -0.3 is 0 Å². The van der Waals surface area contributed by atoms with E-state index in [4.69, 9.17) is 19.9 Å². The molecule has 0 atom stereocenters. The smallest absolute Gasteiger partial charge is 0.165 e. The van der Waals surface area contributed by atoms with E-state index in [1.807, 2.05) is 24.4 Å². The van der Waals surface area contributed by atoms with Crippen LogP contribution in [0.15, 0.2) is 85.1 Å². The van der Waals surface area contributed by atoms with Crippen LogP contribution >= 0.6 is 0 Å². The third-order valence-electron chi connectivity index (χ3n) is 11.4. The normalized spacial score (nSPS) is 13.2. The number of nitrogens with zero attached hydrogens (tertiary/aromatic N) is 4. The van der Waals surface area contributed by atoms with E-state index < -0.39 is 0 Å². The van der Waals surface area contributed by atoms with E-state index in [1.165, 1.54) is 118 Å². The first-order valence-electron chi connectivity index (χ1n) is 20.8. The van der Waals surface area contributed by atoms with Crippen LogP contribution in [0.3, 0.4) is 0 Å². The van der Waals surface area contributed by atoms with Crippen molar-refractivity contribution in [2.45, 2.75) is 149 Å². The molecular formula is C49H62N4. The molecule has 4 heteroatoms. The van der Waals surface area contributed by atoms with Crippen LogP contribution in [0.4, 0.5) is 0 Å². The Morgan fingerprint density at radius 3 is 1.68 bits per heavy atom. The second-order valence-corrected chi connectivity index (χ2v) is 16.5. The Morgan fingerprint density at radius 1 is 0.528 bits per heavy atom. The van der Waals surface area contributed by atoms with E-state index in [-0.39, 0.29) is 10.8 Å². The van der Waals surface area contributed by atoms with Crippen LogP contribution in [0.2, 0.25) is 0 Å². The van der Waals surface area contributed by atoms with E-state index in [9.17, 15) is 0 Å². The molecule has 0 saturated heterocycles. The molecule has 0 radical (unpaired) electrons. The maximum Gasteiger partial charge on any atom is 0.165 e. The summed E-state index contributed by atoms with van der Waals surface area (Å²) in [5.41, 5.74) is 11.3. The summed E-state index contributed by atoms with van der Waals surface area (Å²) >= 11 is 0. The van der Waals surface area contributed by atoms with Gasteiger partial charge in [-0.3, -0.25) is 4.98 Å². The minimum atomic E-state index is -0.216. The Labute approximate surface area is 320 Å². The number of benzene rings is 3. The molecule has 0 unspecified atom stereocenters. The molecule has 6 rings (SSSR count). The summed E-state index contributed by atoms with van der Waals surface area (Å²) in [6.45, 7) is 13.4. The summed E-state index contributed by atoms with van der Waals surface area (Å²) in [5, 5.41) is 0. The first-order valence-corrected chi connectivity index (χ1v) is 20.8. The fourth-order valence-corrected chi connectivity index (χ4v) is 8.25. The summed E-state index contributed by atoms with van der Waals surface area (Å²) in [7, 11) is 0. The third-order valence-corrected chi connectivity index (χ3v) is 11.4. The van der Waals surface area contributed by atoms with Gasteiger partial charge in [-0.25, -0.2) is 15.0 Å². The first kappa shape index (κ1) is 38.5. The Bertz CT molecular complexity index is 1900. The second kappa shape index (κ2) is 17.8. The number of pyridine rings is 1. The zero-order chi connectivity index (χ0) is 37.3. The molecular weight excluding hydrogens is 645 g/mol. The van der Waals surface area contributed by atoms with Gasteiger partial charge in [-0.05, 0) is 65.3 Å². The predicted molar refractivity (Wildman–Crippen MR) is 224 cm³/mol. The van der Waals surface area contributed by atoms with Crippen molar-refractivity contribution >= 4 is 0 Å². The van der Waals surface area contributed by atoms with E-state index in [0.717, 1.165) is 29.1 Å². The van der Waals surface area contributed by atoms with Crippen molar-refractivity contribution in [3.63, 3.8) is 0 Å². The highest BCUT2D eigenvalue weighted by atomic mass is 15.0. The van der Waals surface area contributed by atoms with E-state index in [2.05, 4.69) is 102 Å². The van der Waals surface area contributed by atoms with Gasteiger partial charge in [0.1, 0.15) is 5.82 Å². The summed E-state index contributed by atoms with van der Waals surface area (Å²) in [5.74, 6) is 2.14. The zero-order valence-corrected chi connectivity index (χ0v) is 33.5. The number of unbranched alkanes of at least 4 members (excludes halogenated alkanes) is 10. The van der Waals surface area contributed by atoms with Crippen LogP contribution in [0.1, 0.15) is 154 Å². The molecule has 1 aliphatic rings. The van der Waals surface area contributed by atoms with Crippen molar-refractivity contribution < 1.29 is 0 Å². The van der Waals surface area contributed by atoms with E-state index in [0.29, 0.717) is 11.6 Å². The van der Waals surface area contributed by atoms with Crippen molar-refractivity contribution in [1.82, 2.24) is 19.9 Å². The second-order valence-electron chi connectivity index (χ2n) is 16.5. The highest BCUT2D eigenvalue weighted by Crippen LogP contribution is 2.55.